The van der Waals surface area contributed by atoms with Crippen LogP contribution >= 0.6 is 0 Å². The molecule has 2 aliphatic rings. The van der Waals surface area contributed by atoms with Gasteiger partial charge in [0, 0.05) is 24.8 Å². The Balaban J connectivity index is 1.12. The van der Waals surface area contributed by atoms with Crippen LogP contribution in [0.1, 0.15) is 12.8 Å². The maximum atomic E-state index is 13.1. The summed E-state index contributed by atoms with van der Waals surface area (Å²) in [5.74, 6) is -0.692. The number of aromatic amines is 2. The maximum absolute atomic E-state index is 13.1. The van der Waals surface area contributed by atoms with E-state index in [0.717, 1.165) is 0 Å². The topological polar surface area (TPSA) is 160 Å². The number of piperidine rings is 1. The normalized spacial score (nSPS) is 16.6. The zero-order chi connectivity index (χ0) is 25.3. The highest BCUT2D eigenvalue weighted by atomic mass is 32.2. The highest BCUT2D eigenvalue weighted by Crippen LogP contribution is 2.34. The molecule has 1 saturated heterocycles. The molecule has 36 heavy (non-hydrogen) atoms. The molecule has 0 radical (unpaired) electrons. The monoisotopic (exact) mass is 516 g/mol. The van der Waals surface area contributed by atoms with Gasteiger partial charge in [0.2, 0.25) is 10.0 Å². The number of esters is 1. The number of carbonyl (C=O) groups excluding carboxylic acids is 2. The van der Waals surface area contributed by atoms with Crippen LogP contribution < -0.4 is 20.5 Å². The number of aromatic nitrogens is 2. The zero-order valence-electron chi connectivity index (χ0n) is 19.1. The molecule has 0 atom stereocenters. The first-order valence-electron chi connectivity index (χ1n) is 11.4. The molecule has 13 heteroatoms. The number of rotatable bonds is 6. The fourth-order valence-electron chi connectivity index (χ4n) is 4.23. The van der Waals surface area contributed by atoms with Crippen molar-refractivity contribution in [3.8, 4) is 11.5 Å². The Labute approximate surface area is 205 Å². The van der Waals surface area contributed by atoms with Gasteiger partial charge in [-0.2, -0.15) is 4.31 Å². The van der Waals surface area contributed by atoms with Crippen molar-refractivity contribution in [3.05, 3.63) is 46.9 Å². The van der Waals surface area contributed by atoms with Crippen molar-refractivity contribution >= 4 is 38.6 Å². The van der Waals surface area contributed by atoms with Gasteiger partial charge in [-0.15, -0.1) is 0 Å². The largest absolute Gasteiger partial charge is 0.486 e. The third-order valence-corrected chi connectivity index (χ3v) is 7.98. The molecule has 2 aliphatic heterocycles. The van der Waals surface area contributed by atoms with Crippen molar-refractivity contribution in [2.75, 3.05) is 38.2 Å². The second kappa shape index (κ2) is 9.66. The molecule has 3 heterocycles. The van der Waals surface area contributed by atoms with Gasteiger partial charge in [0.1, 0.15) is 13.2 Å². The number of H-pyrrole nitrogens is 2. The van der Waals surface area contributed by atoms with Crippen LogP contribution in [0.5, 0.6) is 11.5 Å². The van der Waals surface area contributed by atoms with Crippen molar-refractivity contribution in [2.45, 2.75) is 17.7 Å². The number of fused-ring (bicyclic) bond motifs is 2. The third kappa shape index (κ3) is 4.93. The number of amides is 1. The Morgan fingerprint density at radius 2 is 1.72 bits per heavy atom. The van der Waals surface area contributed by atoms with Crippen LogP contribution in [0, 0.1) is 5.92 Å². The molecule has 1 aromatic heterocycles. The SMILES string of the molecule is O=C(COC(=O)C1CCN(S(=O)(=O)c2ccc3c(c2)OCCO3)CC1)Nc1ccc2[nH]c(=O)[nH]c2c1. The molecular formula is C23H24N4O8S. The summed E-state index contributed by atoms with van der Waals surface area (Å²) in [6, 6.07) is 9.35. The molecule has 0 aliphatic carbocycles. The molecule has 190 valence electrons. The number of imidazole rings is 1. The lowest BCUT2D eigenvalue weighted by atomic mass is 9.98. The van der Waals surface area contributed by atoms with E-state index in [9.17, 15) is 22.8 Å². The van der Waals surface area contributed by atoms with E-state index in [-0.39, 0.29) is 36.5 Å². The van der Waals surface area contributed by atoms with Crippen LogP contribution in [0.2, 0.25) is 0 Å². The average Bonchev–Trinajstić information content (AvgIpc) is 3.26. The van der Waals surface area contributed by atoms with Gasteiger partial charge in [0.15, 0.2) is 18.1 Å². The van der Waals surface area contributed by atoms with Crippen LogP contribution in [-0.4, -0.2) is 67.5 Å². The Morgan fingerprint density at radius 3 is 2.50 bits per heavy atom. The number of carbonyl (C=O) groups is 2. The number of anilines is 1. The summed E-state index contributed by atoms with van der Waals surface area (Å²) in [7, 11) is -3.76. The summed E-state index contributed by atoms with van der Waals surface area (Å²) >= 11 is 0. The maximum Gasteiger partial charge on any atom is 0.323 e. The molecule has 5 rings (SSSR count). The second-order valence-corrected chi connectivity index (χ2v) is 10.4. The summed E-state index contributed by atoms with van der Waals surface area (Å²) in [5, 5.41) is 2.61. The number of nitrogens with zero attached hydrogens (tertiary/aromatic N) is 1. The summed E-state index contributed by atoms with van der Waals surface area (Å²) < 4.78 is 43.5. The van der Waals surface area contributed by atoms with Crippen LogP contribution in [-0.2, 0) is 24.3 Å². The lowest BCUT2D eigenvalue weighted by molar-refractivity contribution is -0.152. The number of sulfonamides is 1. The predicted molar refractivity (Wildman–Crippen MR) is 127 cm³/mol. The van der Waals surface area contributed by atoms with Gasteiger partial charge in [-0.05, 0) is 43.2 Å². The first kappa shape index (κ1) is 23.9. The standard InChI is InChI=1S/C23H24N4O8S/c28-21(24-15-1-3-17-18(11-15)26-23(30)25-17)13-35-22(29)14-5-7-27(8-6-14)36(31,32)16-2-4-19-20(12-16)34-10-9-33-19/h1-4,11-12,14H,5-10,13H2,(H,24,28)(H2,25,26,30). The van der Waals surface area contributed by atoms with Crippen LogP contribution in [0.4, 0.5) is 5.69 Å². The van der Waals surface area contributed by atoms with Crippen molar-refractivity contribution < 1.29 is 32.2 Å². The van der Waals surface area contributed by atoms with E-state index in [1.807, 2.05) is 0 Å². The first-order chi connectivity index (χ1) is 17.3. The summed E-state index contributed by atoms with van der Waals surface area (Å²) in [6.45, 7) is 0.590. The van der Waals surface area contributed by atoms with Crippen LogP contribution in [0.25, 0.3) is 11.0 Å². The number of hydrogen-bond donors (Lipinski definition) is 3. The lowest BCUT2D eigenvalue weighted by Gasteiger charge is -2.30. The van der Waals surface area contributed by atoms with E-state index in [4.69, 9.17) is 14.2 Å². The summed E-state index contributed by atoms with van der Waals surface area (Å²) in [4.78, 5) is 41.3. The number of benzene rings is 2. The highest BCUT2D eigenvalue weighted by molar-refractivity contribution is 7.89. The Hall–Kier alpha value is -3.84. The molecule has 0 saturated carbocycles. The summed E-state index contributed by atoms with van der Waals surface area (Å²) in [5.41, 5.74) is 1.23. The fourth-order valence-corrected chi connectivity index (χ4v) is 5.71. The minimum Gasteiger partial charge on any atom is -0.486 e. The molecular weight excluding hydrogens is 492 g/mol. The number of nitrogens with one attached hydrogen (secondary N) is 3. The summed E-state index contributed by atoms with van der Waals surface area (Å²) in [6.07, 6.45) is 0.559. The predicted octanol–water partition coefficient (Wildman–Crippen LogP) is 1.21. The van der Waals surface area contributed by atoms with Crippen molar-refractivity contribution in [2.24, 2.45) is 5.92 Å². The van der Waals surface area contributed by atoms with Crippen LogP contribution in [0.15, 0.2) is 46.1 Å². The zero-order valence-corrected chi connectivity index (χ0v) is 19.9. The Bertz CT molecular complexity index is 1470. The van der Waals surface area contributed by atoms with E-state index in [0.29, 0.717) is 41.4 Å². The van der Waals surface area contributed by atoms with Gasteiger partial charge in [0.05, 0.1) is 21.8 Å². The van der Waals surface area contributed by atoms with Gasteiger partial charge in [-0.3, -0.25) is 9.59 Å². The van der Waals surface area contributed by atoms with Crippen molar-refractivity contribution in [1.82, 2.24) is 14.3 Å². The van der Waals surface area contributed by atoms with E-state index in [2.05, 4.69) is 15.3 Å². The second-order valence-electron chi connectivity index (χ2n) is 8.48. The molecule has 0 bridgehead atoms. The van der Waals surface area contributed by atoms with Gasteiger partial charge in [-0.25, -0.2) is 13.2 Å². The molecule has 1 amide bonds. The minimum absolute atomic E-state index is 0.103. The molecule has 0 spiro atoms. The molecule has 0 unspecified atom stereocenters. The van der Waals surface area contributed by atoms with Gasteiger partial charge in [-0.1, -0.05) is 0 Å². The quantitative estimate of drug-likeness (QED) is 0.412. The molecule has 3 N–H and O–H groups in total. The van der Waals surface area contributed by atoms with Gasteiger partial charge >= 0.3 is 11.7 Å². The lowest BCUT2D eigenvalue weighted by Crippen LogP contribution is -2.41. The van der Waals surface area contributed by atoms with Gasteiger partial charge < -0.3 is 29.5 Å². The smallest absolute Gasteiger partial charge is 0.323 e. The molecule has 2 aromatic carbocycles. The highest BCUT2D eigenvalue weighted by Gasteiger charge is 2.33. The van der Waals surface area contributed by atoms with Gasteiger partial charge in [0.25, 0.3) is 5.91 Å². The Kier molecular flexibility index (Phi) is 6.41. The minimum atomic E-state index is -3.76. The van der Waals surface area contributed by atoms with E-state index in [1.165, 1.54) is 16.4 Å². The number of ether oxygens (including phenoxy) is 3. The van der Waals surface area contributed by atoms with E-state index in [1.54, 1.807) is 24.3 Å². The average molecular weight is 517 g/mol. The fraction of sp³-hybridized carbons (Fsp3) is 0.348. The molecule has 12 nitrogen and oxygen atoms in total. The molecule has 3 aromatic rings. The first-order valence-corrected chi connectivity index (χ1v) is 12.8. The van der Waals surface area contributed by atoms with Crippen molar-refractivity contribution in [3.63, 3.8) is 0 Å². The van der Waals surface area contributed by atoms with Crippen LogP contribution in [0.3, 0.4) is 0 Å². The van der Waals surface area contributed by atoms with Crippen molar-refractivity contribution in [1.29, 1.82) is 0 Å². The molecule has 1 fully saturated rings. The van der Waals surface area contributed by atoms with E-state index >= 15 is 0 Å². The Morgan fingerprint density at radius 1 is 1.00 bits per heavy atom. The third-order valence-electron chi connectivity index (χ3n) is 6.08. The number of hydrogen-bond acceptors (Lipinski definition) is 8. The van der Waals surface area contributed by atoms with E-state index < -0.39 is 34.4 Å².